The van der Waals surface area contributed by atoms with Crippen LogP contribution in [0.4, 0.5) is 0 Å². The van der Waals surface area contributed by atoms with Gasteiger partial charge in [-0.3, -0.25) is 4.79 Å². The van der Waals surface area contributed by atoms with Crippen molar-refractivity contribution in [3.05, 3.63) is 50.9 Å². The maximum Gasteiger partial charge on any atom is 0.188 e. The highest BCUT2D eigenvalue weighted by Crippen LogP contribution is 2.30. The number of thiazole rings is 1. The van der Waals surface area contributed by atoms with Crippen LogP contribution in [0.3, 0.4) is 0 Å². The highest BCUT2D eigenvalue weighted by atomic mass is 35.5. The summed E-state index contributed by atoms with van der Waals surface area (Å²) in [6.07, 6.45) is 0. The summed E-state index contributed by atoms with van der Waals surface area (Å²) in [6, 6.07) is 8.81. The van der Waals surface area contributed by atoms with E-state index in [-0.39, 0.29) is 11.2 Å². The number of hydrogen-bond acceptors (Lipinski definition) is 4. The number of Topliss-reactive ketones (excluding diaryl/α,β-unsaturated/α-hetero) is 1. The van der Waals surface area contributed by atoms with E-state index in [1.165, 1.54) is 11.3 Å². The van der Waals surface area contributed by atoms with E-state index in [1.807, 2.05) is 32.2 Å². The van der Waals surface area contributed by atoms with Crippen molar-refractivity contribution in [2.45, 2.75) is 32.1 Å². The van der Waals surface area contributed by atoms with E-state index < -0.39 is 5.92 Å². The smallest absolute Gasteiger partial charge is 0.188 e. The lowest BCUT2D eigenvalue weighted by molar-refractivity contribution is 0.0979. The van der Waals surface area contributed by atoms with Gasteiger partial charge in [-0.25, -0.2) is 4.98 Å². The van der Waals surface area contributed by atoms with Gasteiger partial charge in [0.2, 0.25) is 0 Å². The molecule has 0 N–H and O–H groups in total. The Bertz CT molecular complexity index is 710. The van der Waals surface area contributed by atoms with Gasteiger partial charge >= 0.3 is 0 Å². The molecule has 0 amide bonds. The Morgan fingerprint density at radius 3 is 2.57 bits per heavy atom. The van der Waals surface area contributed by atoms with Crippen LogP contribution in [0, 0.1) is 11.3 Å². The highest BCUT2D eigenvalue weighted by Gasteiger charge is 2.28. The Balaban J connectivity index is 2.37. The summed E-state index contributed by atoms with van der Waals surface area (Å²) in [5, 5.41) is 12.1. The van der Waals surface area contributed by atoms with E-state index >= 15 is 0 Å². The van der Waals surface area contributed by atoms with E-state index in [0.717, 1.165) is 5.69 Å². The molecule has 0 spiro atoms. The fourth-order valence-electron chi connectivity index (χ4n) is 1.81. The first-order valence-corrected chi connectivity index (χ1v) is 7.74. The van der Waals surface area contributed by atoms with Gasteiger partial charge in [0.15, 0.2) is 11.7 Å². The molecule has 0 saturated heterocycles. The zero-order valence-corrected chi connectivity index (χ0v) is 13.6. The maximum absolute atomic E-state index is 12.5. The molecule has 1 aromatic carbocycles. The molecule has 2 aromatic rings. The molecule has 0 aliphatic carbocycles. The average molecular weight is 319 g/mol. The molecule has 108 valence electrons. The van der Waals surface area contributed by atoms with Crippen molar-refractivity contribution >= 4 is 28.7 Å². The predicted octanol–water partition coefficient (Wildman–Crippen LogP) is 4.58. The number of aromatic nitrogens is 1. The average Bonchev–Trinajstić information content (AvgIpc) is 2.89. The second-order valence-corrected chi connectivity index (χ2v) is 7.02. The lowest BCUT2D eigenvalue weighted by atomic mass is 9.93. The molecule has 0 fully saturated rings. The molecular weight excluding hydrogens is 304 g/mol. The minimum Gasteiger partial charge on any atom is -0.292 e. The number of halogens is 1. The molecule has 3 nitrogen and oxygen atoms in total. The standard InChI is InChI=1S/C16H15ClN2OS/c1-16(2,3)13-9-21-15(19-13)11(8-18)14(20)10-6-4-5-7-12(10)17/h4-7,9,11H,1-3H3. The quantitative estimate of drug-likeness (QED) is 0.778. The van der Waals surface area contributed by atoms with Gasteiger partial charge in [0, 0.05) is 16.4 Å². The zero-order chi connectivity index (χ0) is 15.6. The Labute approximate surface area is 133 Å². The van der Waals surface area contributed by atoms with Crippen molar-refractivity contribution in [2.75, 3.05) is 0 Å². The molecule has 0 saturated carbocycles. The van der Waals surface area contributed by atoms with Crippen molar-refractivity contribution in [1.29, 1.82) is 5.26 Å². The van der Waals surface area contributed by atoms with Gasteiger partial charge < -0.3 is 0 Å². The summed E-state index contributed by atoms with van der Waals surface area (Å²) in [6.45, 7) is 6.13. The SMILES string of the molecule is CC(C)(C)c1csc(C(C#N)C(=O)c2ccccc2Cl)n1. The monoisotopic (exact) mass is 318 g/mol. The topological polar surface area (TPSA) is 53.8 Å². The number of rotatable bonds is 3. The van der Waals surface area contributed by atoms with Crippen LogP contribution in [0.15, 0.2) is 29.6 Å². The van der Waals surface area contributed by atoms with Crippen molar-refractivity contribution < 1.29 is 4.79 Å². The fraction of sp³-hybridized carbons (Fsp3) is 0.312. The van der Waals surface area contributed by atoms with Crippen molar-refractivity contribution in [3.63, 3.8) is 0 Å². The van der Waals surface area contributed by atoms with Crippen LogP contribution in [-0.4, -0.2) is 10.8 Å². The lowest BCUT2D eigenvalue weighted by Crippen LogP contribution is -2.14. The second-order valence-electron chi connectivity index (χ2n) is 5.73. The van der Waals surface area contributed by atoms with Crippen molar-refractivity contribution in [2.24, 2.45) is 0 Å². The minimum atomic E-state index is -0.911. The molecular formula is C16H15ClN2OS. The van der Waals surface area contributed by atoms with Gasteiger partial charge in [0.1, 0.15) is 5.01 Å². The zero-order valence-electron chi connectivity index (χ0n) is 12.1. The van der Waals surface area contributed by atoms with Gasteiger partial charge in [-0.05, 0) is 12.1 Å². The first kappa shape index (κ1) is 15.7. The first-order chi connectivity index (χ1) is 9.84. The molecule has 1 aromatic heterocycles. The number of carbonyl (C=O) groups excluding carboxylic acids is 1. The second kappa shape index (κ2) is 5.97. The number of nitriles is 1. The van der Waals surface area contributed by atoms with E-state index in [9.17, 15) is 10.1 Å². The highest BCUT2D eigenvalue weighted by molar-refractivity contribution is 7.10. The fourth-order valence-corrected chi connectivity index (χ4v) is 3.12. The minimum absolute atomic E-state index is 0.109. The third-order valence-corrected chi connectivity index (χ3v) is 4.31. The van der Waals surface area contributed by atoms with Crippen LogP contribution in [0.25, 0.3) is 0 Å². The Morgan fingerprint density at radius 2 is 2.05 bits per heavy atom. The summed E-state index contributed by atoms with van der Waals surface area (Å²) in [5.74, 6) is -1.22. The van der Waals surface area contributed by atoms with E-state index in [4.69, 9.17) is 11.6 Å². The third kappa shape index (κ3) is 3.31. The molecule has 0 bridgehead atoms. The van der Waals surface area contributed by atoms with Crippen LogP contribution >= 0.6 is 22.9 Å². The van der Waals surface area contributed by atoms with Crippen molar-refractivity contribution in [1.82, 2.24) is 4.98 Å². The van der Waals surface area contributed by atoms with E-state index in [0.29, 0.717) is 15.6 Å². The Hall–Kier alpha value is -1.70. The normalized spacial score (nSPS) is 12.7. The van der Waals surface area contributed by atoms with E-state index in [2.05, 4.69) is 4.98 Å². The lowest BCUT2D eigenvalue weighted by Gasteiger charge is -2.14. The maximum atomic E-state index is 12.5. The summed E-state index contributed by atoms with van der Waals surface area (Å²) >= 11 is 7.38. The summed E-state index contributed by atoms with van der Waals surface area (Å²) in [7, 11) is 0. The summed E-state index contributed by atoms with van der Waals surface area (Å²) in [4.78, 5) is 17.0. The largest absolute Gasteiger partial charge is 0.292 e. The van der Waals surface area contributed by atoms with Crippen LogP contribution in [0.1, 0.15) is 47.7 Å². The van der Waals surface area contributed by atoms with Crippen LogP contribution in [0.2, 0.25) is 5.02 Å². The summed E-state index contributed by atoms with van der Waals surface area (Å²) < 4.78 is 0. The number of carbonyl (C=O) groups is 1. The molecule has 1 heterocycles. The number of ketones is 1. The third-order valence-electron chi connectivity index (χ3n) is 3.07. The molecule has 2 rings (SSSR count). The van der Waals surface area contributed by atoms with E-state index in [1.54, 1.807) is 24.3 Å². The Kier molecular flexibility index (Phi) is 4.46. The number of hydrogen-bond donors (Lipinski definition) is 0. The Morgan fingerprint density at radius 1 is 1.38 bits per heavy atom. The molecule has 1 atom stereocenters. The van der Waals surface area contributed by atoms with Crippen LogP contribution in [-0.2, 0) is 5.41 Å². The van der Waals surface area contributed by atoms with Gasteiger partial charge in [-0.2, -0.15) is 5.26 Å². The number of benzene rings is 1. The van der Waals surface area contributed by atoms with Gasteiger partial charge in [-0.15, -0.1) is 11.3 Å². The molecule has 5 heteroatoms. The van der Waals surface area contributed by atoms with Crippen LogP contribution < -0.4 is 0 Å². The molecule has 1 unspecified atom stereocenters. The van der Waals surface area contributed by atoms with Crippen molar-refractivity contribution in [3.8, 4) is 6.07 Å². The molecule has 0 aliphatic rings. The van der Waals surface area contributed by atoms with Gasteiger partial charge in [-0.1, -0.05) is 44.5 Å². The molecule has 0 aliphatic heterocycles. The van der Waals surface area contributed by atoms with Gasteiger partial charge in [0.25, 0.3) is 0 Å². The molecule has 21 heavy (non-hydrogen) atoms. The number of nitrogens with zero attached hydrogens (tertiary/aromatic N) is 2. The van der Waals surface area contributed by atoms with Gasteiger partial charge in [0.05, 0.1) is 16.8 Å². The van der Waals surface area contributed by atoms with Crippen LogP contribution in [0.5, 0.6) is 0 Å². The first-order valence-electron chi connectivity index (χ1n) is 6.49. The molecule has 0 radical (unpaired) electrons. The summed E-state index contributed by atoms with van der Waals surface area (Å²) in [5.41, 5.74) is 1.13. The predicted molar refractivity (Wildman–Crippen MR) is 85.0 cm³/mol.